The average molecular weight is 310 g/mol. The zero-order chi connectivity index (χ0) is 16.4. The smallest absolute Gasteiger partial charge is 0.428 e. The number of rotatable bonds is 2. The first-order valence-electron chi connectivity index (χ1n) is 7.98. The molecule has 1 aliphatic rings. The van der Waals surface area contributed by atoms with E-state index in [0.717, 1.165) is 12.8 Å². The number of ether oxygens (including phenoxy) is 2. The molecule has 0 aliphatic heterocycles. The van der Waals surface area contributed by atoms with E-state index in [2.05, 4.69) is 30.3 Å². The van der Waals surface area contributed by atoms with Crippen LogP contribution >= 0.6 is 0 Å². The third-order valence-electron chi connectivity index (χ3n) is 3.97. The molecule has 0 amide bonds. The Labute approximate surface area is 137 Å². The van der Waals surface area contributed by atoms with E-state index < -0.39 is 11.8 Å². The van der Waals surface area contributed by atoms with Gasteiger partial charge < -0.3 is 9.47 Å². The lowest BCUT2D eigenvalue weighted by Crippen LogP contribution is -2.26. The van der Waals surface area contributed by atoms with Crippen molar-refractivity contribution in [3.8, 4) is 5.75 Å². The summed E-state index contributed by atoms with van der Waals surface area (Å²) >= 11 is 0. The molecule has 3 rings (SSSR count). The van der Waals surface area contributed by atoms with Crippen molar-refractivity contribution in [3.63, 3.8) is 0 Å². The highest BCUT2D eigenvalue weighted by atomic mass is 16.7. The second-order valence-corrected chi connectivity index (χ2v) is 7.01. The average Bonchev–Trinajstić information content (AvgIpc) is 2.89. The lowest BCUT2D eigenvalue weighted by Gasteiger charge is -2.19. The summed E-state index contributed by atoms with van der Waals surface area (Å²) in [5.74, 6) is 0.974. The number of fused-ring (bicyclic) bond motifs is 1. The van der Waals surface area contributed by atoms with Crippen molar-refractivity contribution in [1.29, 1.82) is 0 Å². The normalized spacial score (nSPS) is 14.4. The molecule has 0 N–H and O–H groups in total. The molecule has 3 nitrogen and oxygen atoms in total. The summed E-state index contributed by atoms with van der Waals surface area (Å²) < 4.78 is 10.5. The van der Waals surface area contributed by atoms with E-state index >= 15 is 0 Å². The maximum atomic E-state index is 11.8. The van der Waals surface area contributed by atoms with Gasteiger partial charge in [-0.05, 0) is 68.4 Å². The van der Waals surface area contributed by atoms with Crippen molar-refractivity contribution in [2.24, 2.45) is 0 Å². The minimum Gasteiger partial charge on any atom is -0.428 e. The van der Waals surface area contributed by atoms with Gasteiger partial charge in [-0.1, -0.05) is 36.4 Å². The number of benzene rings is 2. The highest BCUT2D eigenvalue weighted by molar-refractivity contribution is 5.64. The number of carbonyl (C=O) groups is 1. The Balaban J connectivity index is 1.70. The van der Waals surface area contributed by atoms with Gasteiger partial charge in [0.15, 0.2) is 0 Å². The van der Waals surface area contributed by atoms with Crippen molar-refractivity contribution in [2.75, 3.05) is 0 Å². The largest absolute Gasteiger partial charge is 0.514 e. The zero-order valence-electron chi connectivity index (χ0n) is 13.8. The van der Waals surface area contributed by atoms with E-state index in [4.69, 9.17) is 9.47 Å². The monoisotopic (exact) mass is 310 g/mol. The molecule has 0 saturated carbocycles. The van der Waals surface area contributed by atoms with Crippen LogP contribution in [0.15, 0.2) is 48.5 Å². The predicted molar refractivity (Wildman–Crippen MR) is 89.9 cm³/mol. The van der Waals surface area contributed by atoms with Gasteiger partial charge in [0.05, 0.1) is 0 Å². The molecule has 0 radical (unpaired) electrons. The van der Waals surface area contributed by atoms with Crippen LogP contribution in [-0.4, -0.2) is 11.8 Å². The van der Waals surface area contributed by atoms with E-state index in [-0.39, 0.29) is 0 Å². The molecule has 23 heavy (non-hydrogen) atoms. The second kappa shape index (κ2) is 6.07. The molecule has 2 aromatic carbocycles. The SMILES string of the molecule is CC(C)(C)OC(=O)Oc1cccc(C2Cc3ccccc3C2)c1. The Morgan fingerprint density at radius 2 is 1.65 bits per heavy atom. The van der Waals surface area contributed by atoms with Gasteiger partial charge in [-0.3, -0.25) is 0 Å². The molecule has 120 valence electrons. The Hall–Kier alpha value is -2.29. The van der Waals surface area contributed by atoms with Crippen LogP contribution in [0.1, 0.15) is 43.4 Å². The van der Waals surface area contributed by atoms with E-state index in [9.17, 15) is 4.79 Å². The minimum atomic E-state index is -0.663. The Morgan fingerprint density at radius 1 is 1.00 bits per heavy atom. The molecule has 0 spiro atoms. The minimum absolute atomic E-state index is 0.439. The van der Waals surface area contributed by atoms with Gasteiger partial charge in [0.25, 0.3) is 0 Å². The molecule has 0 fully saturated rings. The molecule has 0 bridgehead atoms. The van der Waals surface area contributed by atoms with Gasteiger partial charge in [-0.15, -0.1) is 0 Å². The summed E-state index contributed by atoms with van der Waals surface area (Å²) in [5.41, 5.74) is 3.47. The molecule has 1 aliphatic carbocycles. The second-order valence-electron chi connectivity index (χ2n) is 7.01. The third-order valence-corrected chi connectivity index (χ3v) is 3.97. The molecule has 3 heteroatoms. The highest BCUT2D eigenvalue weighted by Crippen LogP contribution is 2.35. The van der Waals surface area contributed by atoms with Crippen molar-refractivity contribution in [2.45, 2.75) is 45.1 Å². The first kappa shape index (κ1) is 15.6. The van der Waals surface area contributed by atoms with Gasteiger partial charge in [0.1, 0.15) is 11.4 Å². The van der Waals surface area contributed by atoms with E-state index in [1.807, 2.05) is 32.9 Å². The summed E-state index contributed by atoms with van der Waals surface area (Å²) in [4.78, 5) is 11.8. The van der Waals surface area contributed by atoms with Crippen LogP contribution in [0.5, 0.6) is 5.75 Å². The van der Waals surface area contributed by atoms with Crippen molar-refractivity contribution >= 4 is 6.16 Å². The Kier molecular flexibility index (Phi) is 4.12. The van der Waals surface area contributed by atoms with Crippen LogP contribution < -0.4 is 4.74 Å². The highest BCUT2D eigenvalue weighted by Gasteiger charge is 2.23. The van der Waals surface area contributed by atoms with Gasteiger partial charge in [-0.25, -0.2) is 4.79 Å². The van der Waals surface area contributed by atoms with Gasteiger partial charge >= 0.3 is 6.16 Å². The molecular formula is C20H22O3. The van der Waals surface area contributed by atoms with Crippen molar-refractivity contribution < 1.29 is 14.3 Å². The first-order valence-corrected chi connectivity index (χ1v) is 7.98. The lowest BCUT2D eigenvalue weighted by atomic mass is 9.96. The number of hydrogen-bond donors (Lipinski definition) is 0. The molecule has 0 saturated heterocycles. The summed E-state index contributed by atoms with van der Waals surface area (Å²) in [5, 5.41) is 0. The summed E-state index contributed by atoms with van der Waals surface area (Å²) in [7, 11) is 0. The van der Waals surface area contributed by atoms with Gasteiger partial charge in [0, 0.05) is 0 Å². The van der Waals surface area contributed by atoms with E-state index in [1.165, 1.54) is 16.7 Å². The number of hydrogen-bond acceptors (Lipinski definition) is 3. The fraction of sp³-hybridized carbons (Fsp3) is 0.350. The van der Waals surface area contributed by atoms with Gasteiger partial charge in [-0.2, -0.15) is 0 Å². The first-order chi connectivity index (χ1) is 10.9. The van der Waals surface area contributed by atoms with Crippen LogP contribution in [0.4, 0.5) is 4.79 Å². The van der Waals surface area contributed by atoms with Crippen LogP contribution in [0.2, 0.25) is 0 Å². The topological polar surface area (TPSA) is 35.5 Å². The quantitative estimate of drug-likeness (QED) is 0.585. The predicted octanol–water partition coefficient (Wildman–Crippen LogP) is 4.88. The maximum Gasteiger partial charge on any atom is 0.514 e. The summed E-state index contributed by atoms with van der Waals surface area (Å²) in [6.07, 6.45) is 1.40. The fourth-order valence-corrected chi connectivity index (χ4v) is 2.99. The lowest BCUT2D eigenvalue weighted by molar-refractivity contribution is 0.0206. The Morgan fingerprint density at radius 3 is 2.26 bits per heavy atom. The molecular weight excluding hydrogens is 288 g/mol. The van der Waals surface area contributed by atoms with Crippen LogP contribution in [0, 0.1) is 0 Å². The maximum absolute atomic E-state index is 11.8. The zero-order valence-corrected chi connectivity index (χ0v) is 13.8. The van der Waals surface area contributed by atoms with Crippen LogP contribution in [0.3, 0.4) is 0 Å². The van der Waals surface area contributed by atoms with Crippen molar-refractivity contribution in [3.05, 3.63) is 65.2 Å². The molecule has 0 unspecified atom stereocenters. The van der Waals surface area contributed by atoms with E-state index in [0.29, 0.717) is 11.7 Å². The summed E-state index contributed by atoms with van der Waals surface area (Å²) in [6.45, 7) is 5.46. The Bertz CT molecular complexity index is 688. The third kappa shape index (κ3) is 3.92. The molecule has 0 aromatic heterocycles. The fourth-order valence-electron chi connectivity index (χ4n) is 2.99. The summed E-state index contributed by atoms with van der Waals surface area (Å²) in [6, 6.07) is 16.3. The van der Waals surface area contributed by atoms with Crippen LogP contribution in [0.25, 0.3) is 0 Å². The molecule has 0 heterocycles. The van der Waals surface area contributed by atoms with Crippen LogP contribution in [-0.2, 0) is 17.6 Å². The van der Waals surface area contributed by atoms with E-state index in [1.54, 1.807) is 6.07 Å². The standard InChI is InChI=1S/C20H22O3/c1-20(2,3)23-19(21)22-18-10-6-9-16(13-18)17-11-14-7-4-5-8-15(14)12-17/h4-10,13,17H,11-12H2,1-3H3. The molecule has 2 aromatic rings. The van der Waals surface area contributed by atoms with Crippen molar-refractivity contribution in [1.82, 2.24) is 0 Å². The van der Waals surface area contributed by atoms with Gasteiger partial charge in [0.2, 0.25) is 0 Å². The molecule has 0 atom stereocenters. The number of carbonyl (C=O) groups excluding carboxylic acids is 1.